The van der Waals surface area contributed by atoms with E-state index in [1.165, 1.54) is 0 Å². The first-order chi connectivity index (χ1) is 9.65. The third-order valence-corrected chi connectivity index (χ3v) is 3.83. The van der Waals surface area contributed by atoms with Crippen LogP contribution in [0.5, 0.6) is 0 Å². The van der Waals surface area contributed by atoms with Gasteiger partial charge in [0.1, 0.15) is 11.6 Å². The van der Waals surface area contributed by atoms with Crippen LogP contribution in [0.1, 0.15) is 41.0 Å². The Morgan fingerprint density at radius 3 is 3.20 bits per heavy atom. The van der Waals surface area contributed by atoms with E-state index in [1.54, 1.807) is 6.20 Å². The van der Waals surface area contributed by atoms with Crippen LogP contribution in [-0.4, -0.2) is 20.6 Å². The number of nitrogens with zero attached hydrogens (tertiary/aromatic N) is 3. The summed E-state index contributed by atoms with van der Waals surface area (Å²) < 4.78 is 7.16. The van der Waals surface area contributed by atoms with Gasteiger partial charge in [-0.25, -0.2) is 4.98 Å². The molecule has 6 nitrogen and oxygen atoms in total. The number of carbonyl (C=O) groups excluding carboxylic acids is 1. The zero-order valence-corrected chi connectivity index (χ0v) is 11.7. The average Bonchev–Trinajstić information content (AvgIpc) is 3.02. The highest BCUT2D eigenvalue weighted by Gasteiger charge is 2.26. The molecular formula is C14H18N4O2. The second-order valence-corrected chi connectivity index (χ2v) is 5.42. The topological polar surface area (TPSA) is 73.0 Å². The third kappa shape index (κ3) is 2.33. The summed E-state index contributed by atoms with van der Waals surface area (Å²) in [5.74, 6) is 2.06. The van der Waals surface area contributed by atoms with Crippen LogP contribution in [0.25, 0.3) is 0 Å². The van der Waals surface area contributed by atoms with Crippen molar-refractivity contribution in [3.8, 4) is 0 Å². The molecule has 1 aliphatic rings. The van der Waals surface area contributed by atoms with Gasteiger partial charge < -0.3 is 14.4 Å². The standard InChI is InChI=1S/C14H18N4O2/c1-9-3-4-11-10(7-9)13(17-20-11)14(19)16-8-12-15-5-6-18(12)2/h5-6,9H,3-4,7-8H2,1-2H3,(H,16,19). The van der Waals surface area contributed by atoms with Crippen molar-refractivity contribution in [1.82, 2.24) is 20.0 Å². The number of fused-ring (bicyclic) bond motifs is 1. The minimum atomic E-state index is -0.188. The van der Waals surface area contributed by atoms with E-state index in [-0.39, 0.29) is 5.91 Å². The number of aromatic nitrogens is 3. The molecule has 6 heteroatoms. The molecule has 0 bridgehead atoms. The molecule has 1 atom stereocenters. The summed E-state index contributed by atoms with van der Waals surface area (Å²) in [6.07, 6.45) is 6.39. The summed E-state index contributed by atoms with van der Waals surface area (Å²) in [5.41, 5.74) is 1.40. The van der Waals surface area contributed by atoms with Crippen LogP contribution < -0.4 is 5.32 Å². The monoisotopic (exact) mass is 274 g/mol. The molecule has 0 spiro atoms. The van der Waals surface area contributed by atoms with Crippen LogP contribution in [0.2, 0.25) is 0 Å². The van der Waals surface area contributed by atoms with E-state index in [1.807, 2.05) is 17.8 Å². The van der Waals surface area contributed by atoms with Crippen molar-refractivity contribution < 1.29 is 9.32 Å². The largest absolute Gasteiger partial charge is 0.360 e. The first-order valence-electron chi connectivity index (χ1n) is 6.87. The number of nitrogens with one attached hydrogen (secondary N) is 1. The molecular weight excluding hydrogens is 256 g/mol. The highest BCUT2D eigenvalue weighted by atomic mass is 16.5. The molecule has 106 valence electrons. The zero-order chi connectivity index (χ0) is 14.1. The Hall–Kier alpha value is -2.11. The predicted octanol–water partition coefficient (Wildman–Crippen LogP) is 1.46. The fraction of sp³-hybridized carbons (Fsp3) is 0.500. The van der Waals surface area contributed by atoms with Crippen molar-refractivity contribution in [3.63, 3.8) is 0 Å². The van der Waals surface area contributed by atoms with Gasteiger partial charge in [0.05, 0.1) is 6.54 Å². The van der Waals surface area contributed by atoms with E-state index in [4.69, 9.17) is 4.52 Å². The molecule has 20 heavy (non-hydrogen) atoms. The molecule has 1 amide bonds. The molecule has 2 aromatic rings. The van der Waals surface area contributed by atoms with E-state index >= 15 is 0 Å². The number of hydrogen-bond donors (Lipinski definition) is 1. The van der Waals surface area contributed by atoms with Gasteiger partial charge in [0.2, 0.25) is 0 Å². The molecule has 2 heterocycles. The molecule has 1 aliphatic carbocycles. The molecule has 3 rings (SSSR count). The molecule has 1 unspecified atom stereocenters. The van der Waals surface area contributed by atoms with E-state index < -0.39 is 0 Å². The first-order valence-corrected chi connectivity index (χ1v) is 6.87. The van der Waals surface area contributed by atoms with Gasteiger partial charge in [-0.05, 0) is 18.8 Å². The molecule has 0 aromatic carbocycles. The lowest BCUT2D eigenvalue weighted by Crippen LogP contribution is -2.26. The summed E-state index contributed by atoms with van der Waals surface area (Å²) in [4.78, 5) is 16.4. The van der Waals surface area contributed by atoms with E-state index in [9.17, 15) is 4.79 Å². The predicted molar refractivity (Wildman–Crippen MR) is 72.1 cm³/mol. The third-order valence-electron chi connectivity index (χ3n) is 3.83. The van der Waals surface area contributed by atoms with Crippen molar-refractivity contribution in [2.75, 3.05) is 0 Å². The smallest absolute Gasteiger partial charge is 0.274 e. The highest BCUT2D eigenvalue weighted by Crippen LogP contribution is 2.27. The van der Waals surface area contributed by atoms with Crippen molar-refractivity contribution in [2.45, 2.75) is 32.7 Å². The molecule has 0 fully saturated rings. The van der Waals surface area contributed by atoms with Crippen molar-refractivity contribution in [2.24, 2.45) is 13.0 Å². The Labute approximate surface area is 117 Å². The van der Waals surface area contributed by atoms with Gasteiger partial charge in [-0.3, -0.25) is 4.79 Å². The van der Waals surface area contributed by atoms with Gasteiger partial charge in [0.25, 0.3) is 5.91 Å². The number of carbonyl (C=O) groups is 1. The molecule has 0 aliphatic heterocycles. The van der Waals surface area contributed by atoms with Crippen molar-refractivity contribution >= 4 is 5.91 Å². The fourth-order valence-electron chi connectivity index (χ4n) is 2.57. The average molecular weight is 274 g/mol. The van der Waals surface area contributed by atoms with Crippen LogP contribution in [0.4, 0.5) is 0 Å². The second-order valence-electron chi connectivity index (χ2n) is 5.42. The lowest BCUT2D eigenvalue weighted by atomic mass is 9.88. The Bertz CT molecular complexity index is 629. The lowest BCUT2D eigenvalue weighted by molar-refractivity contribution is 0.0939. The second kappa shape index (κ2) is 5.11. The van der Waals surface area contributed by atoms with Crippen LogP contribution in [-0.2, 0) is 26.4 Å². The quantitative estimate of drug-likeness (QED) is 0.919. The summed E-state index contributed by atoms with van der Waals surface area (Å²) in [7, 11) is 1.90. The summed E-state index contributed by atoms with van der Waals surface area (Å²) in [6.45, 7) is 2.57. The summed E-state index contributed by atoms with van der Waals surface area (Å²) >= 11 is 0. The Morgan fingerprint density at radius 1 is 1.60 bits per heavy atom. The summed E-state index contributed by atoms with van der Waals surface area (Å²) in [5, 5.41) is 6.79. The Morgan fingerprint density at radius 2 is 2.45 bits per heavy atom. The maximum atomic E-state index is 12.2. The number of hydrogen-bond acceptors (Lipinski definition) is 4. The van der Waals surface area contributed by atoms with Crippen LogP contribution in [0.3, 0.4) is 0 Å². The van der Waals surface area contributed by atoms with Crippen LogP contribution in [0, 0.1) is 5.92 Å². The summed E-state index contributed by atoms with van der Waals surface area (Å²) in [6, 6.07) is 0. The number of aryl methyl sites for hydroxylation is 2. The van der Waals surface area contributed by atoms with Gasteiger partial charge in [-0.15, -0.1) is 0 Å². The Kier molecular flexibility index (Phi) is 3.30. The van der Waals surface area contributed by atoms with E-state index in [0.29, 0.717) is 18.2 Å². The molecule has 0 saturated heterocycles. The number of imidazole rings is 1. The number of rotatable bonds is 3. The fourth-order valence-corrected chi connectivity index (χ4v) is 2.57. The maximum Gasteiger partial charge on any atom is 0.274 e. The van der Waals surface area contributed by atoms with Gasteiger partial charge in [0, 0.05) is 31.4 Å². The molecule has 0 saturated carbocycles. The van der Waals surface area contributed by atoms with E-state index in [0.717, 1.165) is 36.4 Å². The zero-order valence-electron chi connectivity index (χ0n) is 11.7. The Balaban J connectivity index is 1.72. The molecule has 1 N–H and O–H groups in total. The van der Waals surface area contributed by atoms with Crippen molar-refractivity contribution in [3.05, 3.63) is 35.2 Å². The minimum absolute atomic E-state index is 0.188. The van der Waals surface area contributed by atoms with Gasteiger partial charge in [-0.1, -0.05) is 12.1 Å². The first kappa shape index (κ1) is 12.9. The van der Waals surface area contributed by atoms with Crippen molar-refractivity contribution in [1.29, 1.82) is 0 Å². The van der Waals surface area contributed by atoms with Crippen LogP contribution in [0.15, 0.2) is 16.9 Å². The molecule has 0 radical (unpaired) electrons. The SMILES string of the molecule is CC1CCc2onc(C(=O)NCc3nccn3C)c2C1. The minimum Gasteiger partial charge on any atom is -0.360 e. The normalized spacial score (nSPS) is 17.8. The van der Waals surface area contributed by atoms with Crippen LogP contribution >= 0.6 is 0 Å². The number of amides is 1. The van der Waals surface area contributed by atoms with E-state index in [2.05, 4.69) is 22.4 Å². The van der Waals surface area contributed by atoms with Gasteiger partial charge in [-0.2, -0.15) is 0 Å². The van der Waals surface area contributed by atoms with Gasteiger partial charge in [0.15, 0.2) is 5.69 Å². The maximum absolute atomic E-state index is 12.2. The lowest BCUT2D eigenvalue weighted by Gasteiger charge is -2.16. The highest BCUT2D eigenvalue weighted by molar-refractivity contribution is 5.93. The molecule has 2 aromatic heterocycles. The van der Waals surface area contributed by atoms with Gasteiger partial charge >= 0.3 is 0 Å².